The van der Waals surface area contributed by atoms with Gasteiger partial charge in [-0.3, -0.25) is 0 Å². The minimum Gasteiger partial charge on any atom is -0.383 e. The fraction of sp³-hybridized carbons (Fsp3) is 0.700. The van der Waals surface area contributed by atoms with Gasteiger partial charge in [-0.1, -0.05) is 13.3 Å². The zero-order valence-electron chi connectivity index (χ0n) is 8.88. The van der Waals surface area contributed by atoms with Crippen LogP contribution in [0.25, 0.3) is 0 Å². The first-order valence-corrected chi connectivity index (χ1v) is 5.87. The van der Waals surface area contributed by atoms with Gasteiger partial charge < -0.3 is 10.1 Å². The maximum Gasteiger partial charge on any atom is 0.0798 e. The minimum absolute atomic E-state index is 0.766. The summed E-state index contributed by atoms with van der Waals surface area (Å²) in [4.78, 5) is 5.72. The first-order valence-electron chi connectivity index (χ1n) is 4.99. The molecule has 0 bridgehead atoms. The summed E-state index contributed by atoms with van der Waals surface area (Å²) in [5.74, 6) is 0. The van der Waals surface area contributed by atoms with Crippen molar-refractivity contribution in [1.29, 1.82) is 0 Å². The van der Waals surface area contributed by atoms with Crippen LogP contribution in [0.15, 0.2) is 5.51 Å². The summed E-state index contributed by atoms with van der Waals surface area (Å²) in [6, 6.07) is 0. The SMILES string of the molecule is CCCc1ncsc1CNCCOC. The number of rotatable bonds is 7. The van der Waals surface area contributed by atoms with Gasteiger partial charge in [-0.05, 0) is 6.42 Å². The van der Waals surface area contributed by atoms with Gasteiger partial charge in [0, 0.05) is 25.1 Å². The monoisotopic (exact) mass is 214 g/mol. The van der Waals surface area contributed by atoms with Crippen LogP contribution in [0.4, 0.5) is 0 Å². The summed E-state index contributed by atoms with van der Waals surface area (Å²) in [6.45, 7) is 4.77. The lowest BCUT2D eigenvalue weighted by molar-refractivity contribution is 0.199. The normalized spacial score (nSPS) is 10.7. The van der Waals surface area contributed by atoms with Crippen LogP contribution in [0, 0.1) is 0 Å². The van der Waals surface area contributed by atoms with Crippen molar-refractivity contribution in [2.24, 2.45) is 0 Å². The molecule has 0 radical (unpaired) electrons. The predicted molar refractivity (Wildman–Crippen MR) is 59.7 cm³/mol. The van der Waals surface area contributed by atoms with E-state index in [4.69, 9.17) is 4.74 Å². The largest absolute Gasteiger partial charge is 0.383 e. The van der Waals surface area contributed by atoms with Crippen LogP contribution in [0.1, 0.15) is 23.9 Å². The topological polar surface area (TPSA) is 34.2 Å². The predicted octanol–water partition coefficient (Wildman–Crippen LogP) is 1.83. The second-order valence-electron chi connectivity index (χ2n) is 3.14. The maximum absolute atomic E-state index is 4.96. The molecular formula is C10H18N2OS. The van der Waals surface area contributed by atoms with Gasteiger partial charge in [0.2, 0.25) is 0 Å². The molecule has 1 aromatic heterocycles. The van der Waals surface area contributed by atoms with E-state index in [9.17, 15) is 0 Å². The molecular weight excluding hydrogens is 196 g/mol. The highest BCUT2D eigenvalue weighted by atomic mass is 32.1. The number of nitrogens with zero attached hydrogens (tertiary/aromatic N) is 1. The highest BCUT2D eigenvalue weighted by molar-refractivity contribution is 7.09. The molecule has 0 aromatic carbocycles. The average molecular weight is 214 g/mol. The van der Waals surface area contributed by atoms with E-state index >= 15 is 0 Å². The molecule has 4 heteroatoms. The Kier molecular flexibility index (Phi) is 5.75. The number of nitrogens with one attached hydrogen (secondary N) is 1. The molecule has 0 amide bonds. The lowest BCUT2D eigenvalue weighted by Gasteiger charge is -2.03. The molecule has 0 saturated carbocycles. The second-order valence-corrected chi connectivity index (χ2v) is 4.08. The van der Waals surface area contributed by atoms with Crippen LogP contribution in [-0.2, 0) is 17.7 Å². The number of aryl methyl sites for hydroxylation is 1. The molecule has 14 heavy (non-hydrogen) atoms. The van der Waals surface area contributed by atoms with Crippen molar-refractivity contribution < 1.29 is 4.74 Å². The van der Waals surface area contributed by atoms with Crippen LogP contribution < -0.4 is 5.32 Å². The second kappa shape index (κ2) is 6.92. The fourth-order valence-corrected chi connectivity index (χ4v) is 2.04. The van der Waals surface area contributed by atoms with E-state index < -0.39 is 0 Å². The Bertz CT molecular complexity index is 250. The summed E-state index contributed by atoms with van der Waals surface area (Å²) < 4.78 is 4.96. The smallest absolute Gasteiger partial charge is 0.0798 e. The molecule has 0 fully saturated rings. The van der Waals surface area contributed by atoms with Crippen molar-refractivity contribution in [1.82, 2.24) is 10.3 Å². The quantitative estimate of drug-likeness (QED) is 0.703. The molecule has 1 heterocycles. The first-order chi connectivity index (χ1) is 6.88. The Labute approximate surface area is 89.5 Å². The van der Waals surface area contributed by atoms with Gasteiger partial charge in [-0.15, -0.1) is 11.3 Å². The Hall–Kier alpha value is -0.450. The van der Waals surface area contributed by atoms with Gasteiger partial charge in [0.25, 0.3) is 0 Å². The van der Waals surface area contributed by atoms with Gasteiger partial charge in [-0.25, -0.2) is 4.98 Å². The average Bonchev–Trinajstić information content (AvgIpc) is 2.61. The molecule has 0 saturated heterocycles. The van der Waals surface area contributed by atoms with Crippen molar-refractivity contribution in [3.63, 3.8) is 0 Å². The van der Waals surface area contributed by atoms with Crippen molar-refractivity contribution >= 4 is 11.3 Å². The molecule has 0 aliphatic rings. The van der Waals surface area contributed by atoms with Crippen molar-refractivity contribution in [2.45, 2.75) is 26.3 Å². The van der Waals surface area contributed by atoms with Crippen LogP contribution in [-0.4, -0.2) is 25.2 Å². The molecule has 0 spiro atoms. The molecule has 0 aliphatic carbocycles. The summed E-state index contributed by atoms with van der Waals surface area (Å²) >= 11 is 1.73. The van der Waals surface area contributed by atoms with Crippen molar-refractivity contribution in [3.05, 3.63) is 16.1 Å². The Morgan fingerprint density at radius 2 is 2.43 bits per heavy atom. The third-order valence-electron chi connectivity index (χ3n) is 1.98. The van der Waals surface area contributed by atoms with E-state index in [1.165, 1.54) is 10.6 Å². The zero-order chi connectivity index (χ0) is 10.2. The summed E-state index contributed by atoms with van der Waals surface area (Å²) in [7, 11) is 1.72. The van der Waals surface area contributed by atoms with Gasteiger partial charge in [0.15, 0.2) is 0 Å². The molecule has 1 aromatic rings. The standard InChI is InChI=1S/C10H18N2OS/c1-3-4-9-10(14-8-12-9)7-11-5-6-13-2/h8,11H,3-7H2,1-2H3. The van der Waals surface area contributed by atoms with Gasteiger partial charge in [0.05, 0.1) is 17.8 Å². The van der Waals surface area contributed by atoms with Gasteiger partial charge in [-0.2, -0.15) is 0 Å². The number of aromatic nitrogens is 1. The molecule has 0 atom stereocenters. The molecule has 0 aliphatic heterocycles. The summed E-state index contributed by atoms with van der Waals surface area (Å²) in [5.41, 5.74) is 3.18. The number of thiazole rings is 1. The molecule has 0 unspecified atom stereocenters. The number of hydrogen-bond acceptors (Lipinski definition) is 4. The van der Waals surface area contributed by atoms with E-state index in [2.05, 4.69) is 17.2 Å². The van der Waals surface area contributed by atoms with Crippen molar-refractivity contribution in [3.8, 4) is 0 Å². The fourth-order valence-electron chi connectivity index (χ4n) is 1.25. The molecule has 3 nitrogen and oxygen atoms in total. The lowest BCUT2D eigenvalue weighted by atomic mass is 10.2. The highest BCUT2D eigenvalue weighted by Gasteiger charge is 2.03. The third kappa shape index (κ3) is 3.74. The van der Waals surface area contributed by atoms with Crippen LogP contribution >= 0.6 is 11.3 Å². The van der Waals surface area contributed by atoms with Crippen LogP contribution in [0.3, 0.4) is 0 Å². The highest BCUT2D eigenvalue weighted by Crippen LogP contribution is 2.14. The van der Waals surface area contributed by atoms with Gasteiger partial charge in [0.1, 0.15) is 0 Å². The molecule has 1 N–H and O–H groups in total. The maximum atomic E-state index is 4.96. The molecule has 1 rings (SSSR count). The lowest BCUT2D eigenvalue weighted by Crippen LogP contribution is -2.18. The Morgan fingerprint density at radius 1 is 1.57 bits per heavy atom. The van der Waals surface area contributed by atoms with Crippen LogP contribution in [0.2, 0.25) is 0 Å². The summed E-state index contributed by atoms with van der Waals surface area (Å²) in [6.07, 6.45) is 2.25. The zero-order valence-corrected chi connectivity index (χ0v) is 9.69. The minimum atomic E-state index is 0.766. The number of hydrogen-bond donors (Lipinski definition) is 1. The van der Waals surface area contributed by atoms with E-state index in [0.717, 1.165) is 32.5 Å². The Morgan fingerprint density at radius 3 is 3.14 bits per heavy atom. The number of ether oxygens (including phenoxy) is 1. The summed E-state index contributed by atoms with van der Waals surface area (Å²) in [5, 5.41) is 3.33. The van der Waals surface area contributed by atoms with E-state index in [-0.39, 0.29) is 0 Å². The van der Waals surface area contributed by atoms with Crippen LogP contribution in [0.5, 0.6) is 0 Å². The molecule has 80 valence electrons. The Balaban J connectivity index is 2.30. The van der Waals surface area contributed by atoms with E-state index in [0.29, 0.717) is 0 Å². The first kappa shape index (κ1) is 11.6. The third-order valence-corrected chi connectivity index (χ3v) is 2.86. The van der Waals surface area contributed by atoms with Crippen molar-refractivity contribution in [2.75, 3.05) is 20.3 Å². The van der Waals surface area contributed by atoms with E-state index in [1.54, 1.807) is 18.4 Å². The number of methoxy groups -OCH3 is 1. The van der Waals surface area contributed by atoms with E-state index in [1.807, 2.05) is 5.51 Å². The van der Waals surface area contributed by atoms with Gasteiger partial charge >= 0.3 is 0 Å².